The summed E-state index contributed by atoms with van der Waals surface area (Å²) in [4.78, 5) is 20.0. The Morgan fingerprint density at radius 2 is 1.67 bits per heavy atom. The van der Waals surface area contributed by atoms with Gasteiger partial charge in [-0.25, -0.2) is 9.97 Å². The highest BCUT2D eigenvalue weighted by molar-refractivity contribution is 5.95. The first-order valence-corrected chi connectivity index (χ1v) is 5.65. The average molecular weight is 242 g/mol. The fourth-order valence-electron chi connectivity index (χ4n) is 1.41. The number of nitrogens with zero attached hydrogens (tertiary/aromatic N) is 2. The van der Waals surface area contributed by atoms with Crippen LogP contribution in [0, 0.1) is 0 Å². The highest BCUT2D eigenvalue weighted by Crippen LogP contribution is 2.05. The van der Waals surface area contributed by atoms with Crippen LogP contribution in [0.25, 0.3) is 0 Å². The van der Waals surface area contributed by atoms with Gasteiger partial charge in [-0.15, -0.1) is 0 Å². The van der Waals surface area contributed by atoms with Gasteiger partial charge in [0.25, 0.3) is 0 Å². The molecule has 0 bridgehead atoms. The first kappa shape index (κ1) is 12.0. The molecule has 18 heavy (non-hydrogen) atoms. The standard InChI is InChI=1S/C13H14N4O/c1-10(16-11-6-2-4-8-14-11)13(18)17-12-7-3-5-9-15-12/h2-10H,1H3,(H,14,16)(H,15,17,18)/t10-/m1/s1. The second kappa shape index (κ2) is 5.77. The number of carbonyl (C=O) groups is 1. The van der Waals surface area contributed by atoms with Crippen LogP contribution in [0.5, 0.6) is 0 Å². The largest absolute Gasteiger partial charge is 0.359 e. The third kappa shape index (κ3) is 3.28. The summed E-state index contributed by atoms with van der Waals surface area (Å²) >= 11 is 0. The van der Waals surface area contributed by atoms with E-state index in [2.05, 4.69) is 20.6 Å². The molecule has 1 amide bonds. The Hall–Kier alpha value is -2.43. The lowest BCUT2D eigenvalue weighted by Gasteiger charge is -2.13. The lowest BCUT2D eigenvalue weighted by molar-refractivity contribution is -0.116. The van der Waals surface area contributed by atoms with Gasteiger partial charge in [-0.3, -0.25) is 4.79 Å². The van der Waals surface area contributed by atoms with Gasteiger partial charge in [0.15, 0.2) is 0 Å². The molecule has 2 rings (SSSR count). The molecule has 5 nitrogen and oxygen atoms in total. The summed E-state index contributed by atoms with van der Waals surface area (Å²) in [5, 5.41) is 5.73. The van der Waals surface area contributed by atoms with Crippen molar-refractivity contribution >= 4 is 17.5 Å². The van der Waals surface area contributed by atoms with E-state index in [9.17, 15) is 4.79 Å². The third-order valence-corrected chi connectivity index (χ3v) is 2.34. The lowest BCUT2D eigenvalue weighted by atomic mass is 10.3. The van der Waals surface area contributed by atoms with Gasteiger partial charge in [0, 0.05) is 12.4 Å². The van der Waals surface area contributed by atoms with E-state index >= 15 is 0 Å². The Bertz CT molecular complexity index is 501. The maximum absolute atomic E-state index is 11.9. The zero-order valence-electron chi connectivity index (χ0n) is 10.00. The molecule has 0 radical (unpaired) electrons. The Kier molecular flexibility index (Phi) is 3.86. The molecule has 92 valence electrons. The smallest absolute Gasteiger partial charge is 0.247 e. The van der Waals surface area contributed by atoms with Crippen molar-refractivity contribution in [1.82, 2.24) is 9.97 Å². The van der Waals surface area contributed by atoms with E-state index in [0.717, 1.165) is 0 Å². The topological polar surface area (TPSA) is 66.9 Å². The van der Waals surface area contributed by atoms with Crippen molar-refractivity contribution in [3.05, 3.63) is 48.8 Å². The summed E-state index contributed by atoms with van der Waals surface area (Å²) in [6.07, 6.45) is 3.30. The summed E-state index contributed by atoms with van der Waals surface area (Å²) in [6.45, 7) is 1.77. The second-order valence-electron chi connectivity index (χ2n) is 3.79. The summed E-state index contributed by atoms with van der Waals surface area (Å²) in [7, 11) is 0. The molecule has 0 aliphatic carbocycles. The van der Waals surface area contributed by atoms with Gasteiger partial charge in [0.2, 0.25) is 5.91 Å². The number of amides is 1. The van der Waals surface area contributed by atoms with Crippen LogP contribution < -0.4 is 10.6 Å². The van der Waals surface area contributed by atoms with E-state index in [1.54, 1.807) is 31.5 Å². The minimum Gasteiger partial charge on any atom is -0.359 e. The normalized spacial score (nSPS) is 11.6. The SMILES string of the molecule is C[C@@H](Nc1ccccn1)C(=O)Nc1ccccn1. The molecule has 0 aromatic carbocycles. The quantitative estimate of drug-likeness (QED) is 0.859. The second-order valence-corrected chi connectivity index (χ2v) is 3.79. The van der Waals surface area contributed by atoms with Gasteiger partial charge in [0.1, 0.15) is 17.7 Å². The number of pyridine rings is 2. The molecule has 0 aliphatic rings. The number of rotatable bonds is 4. The highest BCUT2D eigenvalue weighted by atomic mass is 16.2. The van der Waals surface area contributed by atoms with Gasteiger partial charge >= 0.3 is 0 Å². The average Bonchev–Trinajstić information content (AvgIpc) is 2.41. The van der Waals surface area contributed by atoms with Crippen LogP contribution in [0.1, 0.15) is 6.92 Å². The zero-order chi connectivity index (χ0) is 12.8. The number of nitrogens with one attached hydrogen (secondary N) is 2. The van der Waals surface area contributed by atoms with Crippen molar-refractivity contribution < 1.29 is 4.79 Å². The molecule has 0 saturated heterocycles. The summed E-state index contributed by atoms with van der Waals surface area (Å²) in [5.74, 6) is 1.05. The fourth-order valence-corrected chi connectivity index (χ4v) is 1.41. The van der Waals surface area contributed by atoms with Crippen molar-refractivity contribution in [2.24, 2.45) is 0 Å². The van der Waals surface area contributed by atoms with Gasteiger partial charge in [0.05, 0.1) is 0 Å². The molecule has 0 fully saturated rings. The molecular weight excluding hydrogens is 228 g/mol. The minimum atomic E-state index is -0.387. The predicted octanol–water partition coefficient (Wildman–Crippen LogP) is 1.92. The highest BCUT2D eigenvalue weighted by Gasteiger charge is 2.13. The maximum atomic E-state index is 11.9. The molecule has 1 atom stereocenters. The van der Waals surface area contributed by atoms with Gasteiger partial charge in [-0.1, -0.05) is 12.1 Å². The van der Waals surface area contributed by atoms with Crippen molar-refractivity contribution in [3.8, 4) is 0 Å². The molecule has 5 heteroatoms. The van der Waals surface area contributed by atoms with Gasteiger partial charge in [-0.2, -0.15) is 0 Å². The van der Waals surface area contributed by atoms with Crippen LogP contribution in [0.15, 0.2) is 48.8 Å². The number of aromatic nitrogens is 2. The number of carbonyl (C=O) groups excluding carboxylic acids is 1. The first-order chi connectivity index (χ1) is 8.75. The van der Waals surface area contributed by atoms with Crippen LogP contribution in [0.2, 0.25) is 0 Å². The van der Waals surface area contributed by atoms with Crippen LogP contribution in [-0.4, -0.2) is 21.9 Å². The van der Waals surface area contributed by atoms with Crippen molar-refractivity contribution in [2.75, 3.05) is 10.6 Å². The van der Waals surface area contributed by atoms with Crippen molar-refractivity contribution in [1.29, 1.82) is 0 Å². The van der Waals surface area contributed by atoms with Crippen molar-refractivity contribution in [3.63, 3.8) is 0 Å². The van der Waals surface area contributed by atoms with E-state index in [1.165, 1.54) is 0 Å². The molecule has 0 saturated carbocycles. The Labute approximate surface area is 105 Å². The van der Waals surface area contributed by atoms with Crippen molar-refractivity contribution in [2.45, 2.75) is 13.0 Å². The summed E-state index contributed by atoms with van der Waals surface area (Å²) in [5.41, 5.74) is 0. The molecule has 2 aromatic heterocycles. The van der Waals surface area contributed by atoms with E-state index in [-0.39, 0.29) is 11.9 Å². The summed E-state index contributed by atoms with van der Waals surface area (Å²) < 4.78 is 0. The van der Waals surface area contributed by atoms with Gasteiger partial charge in [-0.05, 0) is 31.2 Å². The van der Waals surface area contributed by atoms with Crippen LogP contribution in [0.3, 0.4) is 0 Å². The lowest BCUT2D eigenvalue weighted by Crippen LogP contribution is -2.32. The number of anilines is 2. The molecule has 0 unspecified atom stereocenters. The molecule has 2 aromatic rings. The van der Waals surface area contributed by atoms with E-state index in [4.69, 9.17) is 0 Å². The molecule has 2 N–H and O–H groups in total. The van der Waals surface area contributed by atoms with Gasteiger partial charge < -0.3 is 10.6 Å². The molecular formula is C13H14N4O. The van der Waals surface area contributed by atoms with Crippen LogP contribution in [-0.2, 0) is 4.79 Å². The fraction of sp³-hybridized carbons (Fsp3) is 0.154. The Morgan fingerprint density at radius 3 is 2.22 bits per heavy atom. The van der Waals surface area contributed by atoms with E-state index < -0.39 is 0 Å². The maximum Gasteiger partial charge on any atom is 0.247 e. The molecule has 2 heterocycles. The minimum absolute atomic E-state index is 0.153. The molecule has 0 aliphatic heterocycles. The first-order valence-electron chi connectivity index (χ1n) is 5.65. The van der Waals surface area contributed by atoms with Crippen LogP contribution in [0.4, 0.5) is 11.6 Å². The Balaban J connectivity index is 1.93. The Morgan fingerprint density at radius 1 is 1.06 bits per heavy atom. The predicted molar refractivity (Wildman–Crippen MR) is 70.2 cm³/mol. The number of hydrogen-bond acceptors (Lipinski definition) is 4. The van der Waals surface area contributed by atoms with E-state index in [1.807, 2.05) is 24.3 Å². The third-order valence-electron chi connectivity index (χ3n) is 2.34. The zero-order valence-corrected chi connectivity index (χ0v) is 10.00. The summed E-state index contributed by atoms with van der Waals surface area (Å²) in [6, 6.07) is 10.5. The molecule has 0 spiro atoms. The van der Waals surface area contributed by atoms with E-state index in [0.29, 0.717) is 11.6 Å². The van der Waals surface area contributed by atoms with Crippen LogP contribution >= 0.6 is 0 Å². The monoisotopic (exact) mass is 242 g/mol. The number of hydrogen-bond donors (Lipinski definition) is 2.